The van der Waals surface area contributed by atoms with Crippen LogP contribution < -0.4 is 0 Å². The second kappa shape index (κ2) is 3.66. The van der Waals surface area contributed by atoms with E-state index >= 15 is 0 Å². The van der Waals surface area contributed by atoms with E-state index in [1.54, 1.807) is 0 Å². The van der Waals surface area contributed by atoms with E-state index in [2.05, 4.69) is 16.4 Å². The fourth-order valence-corrected chi connectivity index (χ4v) is 1.82. The van der Waals surface area contributed by atoms with Crippen LogP contribution in [0.1, 0.15) is 26.2 Å². The van der Waals surface area contributed by atoms with Crippen molar-refractivity contribution in [2.24, 2.45) is 5.92 Å². The molecule has 1 rings (SSSR count). The van der Waals surface area contributed by atoms with E-state index in [0.717, 1.165) is 19.3 Å². The number of hydrogen-bond donors (Lipinski definition) is 1. The van der Waals surface area contributed by atoms with Crippen LogP contribution in [0.2, 0.25) is 0 Å². The molecule has 0 aromatic carbocycles. The lowest BCUT2D eigenvalue weighted by atomic mass is 10.0. The van der Waals surface area contributed by atoms with Gasteiger partial charge in [0.15, 0.2) is 0 Å². The lowest BCUT2D eigenvalue weighted by Gasteiger charge is -2.08. The Balaban J connectivity index is 2.36. The molecule has 1 N–H and O–H groups in total. The van der Waals surface area contributed by atoms with Gasteiger partial charge >= 0.3 is 0 Å². The van der Waals surface area contributed by atoms with Crippen molar-refractivity contribution >= 4 is 9.47 Å². The maximum Gasteiger partial charge on any atom is 0.0639 e. The topological polar surface area (TPSA) is 29.5 Å². The summed E-state index contributed by atoms with van der Waals surface area (Å²) in [6.07, 6.45) is 3.02. The summed E-state index contributed by atoms with van der Waals surface area (Å²) in [6.45, 7) is 2.11. The lowest BCUT2D eigenvalue weighted by Crippen LogP contribution is -2.11. The average Bonchev–Trinajstić information content (AvgIpc) is 2.30. The largest absolute Gasteiger partial charge is 0.393 e. The zero-order chi connectivity index (χ0) is 7.56. The molecule has 1 aliphatic carbocycles. The van der Waals surface area contributed by atoms with Crippen molar-refractivity contribution in [3.63, 3.8) is 0 Å². The molecule has 0 aliphatic heterocycles. The molecule has 0 aromatic heterocycles. The molecule has 0 saturated heterocycles. The molecular formula is C7H15O2P. The minimum Gasteiger partial charge on any atom is -0.393 e. The van der Waals surface area contributed by atoms with Gasteiger partial charge in [-0.25, -0.2) is 0 Å². The van der Waals surface area contributed by atoms with Crippen LogP contribution in [0.15, 0.2) is 0 Å². The van der Waals surface area contributed by atoms with Gasteiger partial charge < -0.3 is 9.63 Å². The third-order valence-electron chi connectivity index (χ3n) is 2.33. The Labute approximate surface area is 64.2 Å². The zero-order valence-corrected chi connectivity index (χ0v) is 7.44. The first-order valence-electron chi connectivity index (χ1n) is 3.81. The molecule has 0 amide bonds. The molecule has 0 heterocycles. The molecule has 1 saturated carbocycles. The Hall–Kier alpha value is 0.350. The van der Waals surface area contributed by atoms with E-state index in [-0.39, 0.29) is 12.2 Å². The summed E-state index contributed by atoms with van der Waals surface area (Å²) in [5.74, 6) is 0.463. The van der Waals surface area contributed by atoms with Crippen LogP contribution in [0.3, 0.4) is 0 Å². The number of aliphatic hydroxyl groups excluding tert-OH is 1. The van der Waals surface area contributed by atoms with Gasteiger partial charge in [0.2, 0.25) is 0 Å². The highest BCUT2D eigenvalue weighted by Gasteiger charge is 2.31. The molecule has 1 fully saturated rings. The molecule has 0 radical (unpaired) electrons. The summed E-state index contributed by atoms with van der Waals surface area (Å²) in [6, 6.07) is 0. The number of rotatable bonds is 2. The van der Waals surface area contributed by atoms with Crippen LogP contribution in [-0.2, 0) is 4.52 Å². The van der Waals surface area contributed by atoms with Gasteiger partial charge in [0.1, 0.15) is 0 Å². The monoisotopic (exact) mass is 162 g/mol. The molecule has 60 valence electrons. The Morgan fingerprint density at radius 2 is 2.30 bits per heavy atom. The van der Waals surface area contributed by atoms with Crippen molar-refractivity contribution in [3.05, 3.63) is 0 Å². The Morgan fingerprint density at radius 3 is 2.60 bits per heavy atom. The molecular weight excluding hydrogens is 147 g/mol. The second-order valence-corrected chi connectivity index (χ2v) is 3.24. The zero-order valence-electron chi connectivity index (χ0n) is 6.29. The molecule has 0 spiro atoms. The molecule has 2 nitrogen and oxygen atoms in total. The number of aliphatic hydroxyl groups is 1. The molecule has 10 heavy (non-hydrogen) atoms. The first kappa shape index (κ1) is 8.45. The van der Waals surface area contributed by atoms with E-state index < -0.39 is 0 Å². The molecule has 1 aliphatic rings. The summed E-state index contributed by atoms with van der Waals surface area (Å²) in [4.78, 5) is 0. The van der Waals surface area contributed by atoms with Crippen LogP contribution in [0.5, 0.6) is 0 Å². The highest BCUT2D eigenvalue weighted by molar-refractivity contribution is 7.09. The van der Waals surface area contributed by atoms with Gasteiger partial charge in [-0.15, -0.1) is 0 Å². The quantitative estimate of drug-likeness (QED) is 0.621. The SMILES string of the molecule is CCC1CC(OP)CC1O. The summed E-state index contributed by atoms with van der Waals surface area (Å²) in [5.41, 5.74) is 0. The van der Waals surface area contributed by atoms with Gasteiger partial charge in [-0.1, -0.05) is 13.3 Å². The fourth-order valence-electron chi connectivity index (χ4n) is 1.60. The van der Waals surface area contributed by atoms with Crippen molar-refractivity contribution < 1.29 is 9.63 Å². The summed E-state index contributed by atoms with van der Waals surface area (Å²) in [5, 5.41) is 9.40. The number of hydrogen-bond acceptors (Lipinski definition) is 2. The minimum atomic E-state index is -0.129. The smallest absolute Gasteiger partial charge is 0.0639 e. The Morgan fingerprint density at radius 1 is 1.60 bits per heavy atom. The molecule has 3 heteroatoms. The van der Waals surface area contributed by atoms with Gasteiger partial charge in [-0.3, -0.25) is 0 Å². The average molecular weight is 162 g/mol. The Kier molecular flexibility index (Phi) is 3.09. The first-order valence-corrected chi connectivity index (χ1v) is 4.28. The van der Waals surface area contributed by atoms with Gasteiger partial charge in [0.25, 0.3) is 0 Å². The van der Waals surface area contributed by atoms with Crippen LogP contribution in [0.25, 0.3) is 0 Å². The van der Waals surface area contributed by atoms with Gasteiger partial charge in [-0.2, -0.15) is 0 Å². The van der Waals surface area contributed by atoms with Crippen molar-refractivity contribution in [3.8, 4) is 0 Å². The van der Waals surface area contributed by atoms with E-state index in [0.29, 0.717) is 5.92 Å². The first-order chi connectivity index (χ1) is 4.77. The fraction of sp³-hybridized carbons (Fsp3) is 1.00. The minimum absolute atomic E-state index is 0.129. The maximum absolute atomic E-state index is 9.40. The standard InChI is InChI=1S/C7H15O2P/c1-2-5-3-6(9-10)4-7(5)8/h5-8H,2-4,10H2,1H3. The summed E-state index contributed by atoms with van der Waals surface area (Å²) in [7, 11) is 2.27. The predicted octanol–water partition coefficient (Wildman–Crippen LogP) is 1.34. The predicted molar refractivity (Wildman–Crippen MR) is 43.6 cm³/mol. The van der Waals surface area contributed by atoms with E-state index in [1.165, 1.54) is 0 Å². The van der Waals surface area contributed by atoms with Crippen molar-refractivity contribution in [2.45, 2.75) is 38.4 Å². The second-order valence-electron chi connectivity index (χ2n) is 2.97. The van der Waals surface area contributed by atoms with Gasteiger partial charge in [-0.05, 0) is 12.3 Å². The van der Waals surface area contributed by atoms with Crippen molar-refractivity contribution in [2.75, 3.05) is 0 Å². The van der Waals surface area contributed by atoms with Crippen LogP contribution in [0, 0.1) is 5.92 Å². The van der Waals surface area contributed by atoms with E-state index in [4.69, 9.17) is 4.52 Å². The molecule has 0 aromatic rings. The van der Waals surface area contributed by atoms with Crippen LogP contribution in [-0.4, -0.2) is 17.3 Å². The van der Waals surface area contributed by atoms with Crippen molar-refractivity contribution in [1.29, 1.82) is 0 Å². The highest BCUT2D eigenvalue weighted by atomic mass is 31.0. The normalized spacial score (nSPS) is 40.5. The third kappa shape index (κ3) is 1.69. The lowest BCUT2D eigenvalue weighted by molar-refractivity contribution is 0.125. The Bertz CT molecular complexity index is 108. The molecule has 4 unspecified atom stereocenters. The summed E-state index contributed by atoms with van der Waals surface area (Å²) >= 11 is 0. The van der Waals surface area contributed by atoms with E-state index in [9.17, 15) is 5.11 Å². The van der Waals surface area contributed by atoms with Crippen LogP contribution >= 0.6 is 9.47 Å². The molecule has 4 atom stereocenters. The van der Waals surface area contributed by atoms with Crippen molar-refractivity contribution in [1.82, 2.24) is 0 Å². The summed E-state index contributed by atoms with van der Waals surface area (Å²) < 4.78 is 5.07. The van der Waals surface area contributed by atoms with E-state index in [1.807, 2.05) is 0 Å². The van der Waals surface area contributed by atoms with Crippen LogP contribution in [0.4, 0.5) is 0 Å². The molecule has 0 bridgehead atoms. The highest BCUT2D eigenvalue weighted by Crippen LogP contribution is 2.31. The van der Waals surface area contributed by atoms with Gasteiger partial charge in [0.05, 0.1) is 12.2 Å². The maximum atomic E-state index is 9.40. The third-order valence-corrected chi connectivity index (χ3v) is 2.72. The van der Waals surface area contributed by atoms with Gasteiger partial charge in [0, 0.05) is 15.9 Å².